The molecule has 0 spiro atoms. The predicted molar refractivity (Wildman–Crippen MR) is 82.2 cm³/mol. The van der Waals surface area contributed by atoms with Gasteiger partial charge in [-0.1, -0.05) is 24.3 Å². The van der Waals surface area contributed by atoms with E-state index in [0.29, 0.717) is 11.8 Å². The van der Waals surface area contributed by atoms with Crippen LogP contribution in [-0.2, 0) is 11.3 Å². The lowest BCUT2D eigenvalue weighted by molar-refractivity contribution is -0.124. The van der Waals surface area contributed by atoms with E-state index in [1.54, 1.807) is 0 Å². The van der Waals surface area contributed by atoms with E-state index in [1.165, 1.54) is 11.1 Å². The van der Waals surface area contributed by atoms with Crippen molar-refractivity contribution in [3.8, 4) is 0 Å². The second-order valence-electron chi connectivity index (χ2n) is 6.95. The summed E-state index contributed by atoms with van der Waals surface area (Å²) in [6, 6.07) is 8.29. The molecule has 1 aromatic rings. The standard InChI is InChI=1S/C17H21N3O/c1-17(2,15-11-6-4-3-5-10(11)7-19-15)20-16(21)14-12-8-18-9-13(12)14/h3-6,12-14,18H,7-9H2,1-2H3,(H,20,21)/t12-,13+,14?. The lowest BCUT2D eigenvalue weighted by Gasteiger charge is -2.27. The van der Waals surface area contributed by atoms with E-state index in [2.05, 4.69) is 41.6 Å². The largest absolute Gasteiger partial charge is 0.345 e. The molecule has 2 fully saturated rings. The van der Waals surface area contributed by atoms with Gasteiger partial charge in [0.15, 0.2) is 0 Å². The number of fused-ring (bicyclic) bond motifs is 2. The number of hydrogen-bond acceptors (Lipinski definition) is 3. The summed E-state index contributed by atoms with van der Waals surface area (Å²) in [7, 11) is 0. The van der Waals surface area contributed by atoms with Crippen molar-refractivity contribution in [2.75, 3.05) is 13.1 Å². The molecule has 3 aliphatic rings. The van der Waals surface area contributed by atoms with Crippen molar-refractivity contribution in [3.05, 3.63) is 35.4 Å². The summed E-state index contributed by atoms with van der Waals surface area (Å²) in [6.07, 6.45) is 0. The maximum atomic E-state index is 12.5. The molecule has 4 heteroatoms. The van der Waals surface area contributed by atoms with Gasteiger partial charge in [0.2, 0.25) is 5.91 Å². The van der Waals surface area contributed by atoms with Gasteiger partial charge < -0.3 is 10.6 Å². The average Bonchev–Trinajstić information content (AvgIpc) is 2.82. The highest BCUT2D eigenvalue weighted by atomic mass is 16.2. The first-order chi connectivity index (χ1) is 10.1. The molecule has 0 radical (unpaired) electrons. The van der Waals surface area contributed by atoms with Crippen LogP contribution in [-0.4, -0.2) is 30.2 Å². The first kappa shape index (κ1) is 13.0. The third-order valence-electron chi connectivity index (χ3n) is 5.10. The third-order valence-corrected chi connectivity index (χ3v) is 5.10. The highest BCUT2D eigenvalue weighted by molar-refractivity contribution is 6.11. The number of carbonyl (C=O) groups excluding carboxylic acids is 1. The van der Waals surface area contributed by atoms with Crippen molar-refractivity contribution in [1.82, 2.24) is 10.6 Å². The van der Waals surface area contributed by atoms with Gasteiger partial charge in [-0.2, -0.15) is 0 Å². The number of hydrogen-bond donors (Lipinski definition) is 2. The molecule has 1 unspecified atom stereocenters. The summed E-state index contributed by atoms with van der Waals surface area (Å²) in [6.45, 7) is 6.83. The Morgan fingerprint density at radius 2 is 2.00 bits per heavy atom. The summed E-state index contributed by atoms with van der Waals surface area (Å²) in [5, 5.41) is 6.57. The normalized spacial score (nSPS) is 29.6. The molecule has 1 amide bonds. The summed E-state index contributed by atoms with van der Waals surface area (Å²) in [4.78, 5) is 17.2. The van der Waals surface area contributed by atoms with Gasteiger partial charge in [0.05, 0.1) is 17.8 Å². The number of amides is 1. The number of nitrogens with one attached hydrogen (secondary N) is 2. The summed E-state index contributed by atoms with van der Waals surface area (Å²) < 4.78 is 0. The number of rotatable bonds is 3. The smallest absolute Gasteiger partial charge is 0.224 e. The van der Waals surface area contributed by atoms with Crippen LogP contribution < -0.4 is 10.6 Å². The van der Waals surface area contributed by atoms with Crippen molar-refractivity contribution >= 4 is 11.6 Å². The Balaban J connectivity index is 1.51. The van der Waals surface area contributed by atoms with Crippen molar-refractivity contribution < 1.29 is 4.79 Å². The Hall–Kier alpha value is -1.68. The highest BCUT2D eigenvalue weighted by Gasteiger charge is 2.57. The quantitative estimate of drug-likeness (QED) is 0.880. The molecule has 1 saturated heterocycles. The van der Waals surface area contributed by atoms with E-state index in [4.69, 9.17) is 0 Å². The molecule has 2 heterocycles. The minimum Gasteiger partial charge on any atom is -0.345 e. The van der Waals surface area contributed by atoms with E-state index in [-0.39, 0.29) is 11.8 Å². The second kappa shape index (κ2) is 4.41. The predicted octanol–water partition coefficient (Wildman–Crippen LogP) is 1.35. The summed E-state index contributed by atoms with van der Waals surface area (Å²) >= 11 is 0. The molecule has 21 heavy (non-hydrogen) atoms. The van der Waals surface area contributed by atoms with Gasteiger partial charge in [0.1, 0.15) is 0 Å². The minimum atomic E-state index is -0.409. The van der Waals surface area contributed by atoms with Gasteiger partial charge in [0, 0.05) is 11.5 Å². The third kappa shape index (κ3) is 2.01. The first-order valence-corrected chi connectivity index (χ1v) is 7.74. The van der Waals surface area contributed by atoms with Crippen LogP contribution in [0.4, 0.5) is 0 Å². The molecule has 1 saturated carbocycles. The van der Waals surface area contributed by atoms with E-state index in [0.717, 1.165) is 25.3 Å². The highest BCUT2D eigenvalue weighted by Crippen LogP contribution is 2.48. The van der Waals surface area contributed by atoms with Crippen LogP contribution in [0.5, 0.6) is 0 Å². The Labute approximate surface area is 125 Å². The maximum Gasteiger partial charge on any atom is 0.224 e. The summed E-state index contributed by atoms with van der Waals surface area (Å²) in [5.74, 6) is 1.52. The molecule has 1 aromatic carbocycles. The van der Waals surface area contributed by atoms with Gasteiger partial charge in [-0.15, -0.1) is 0 Å². The zero-order valence-electron chi connectivity index (χ0n) is 12.5. The van der Waals surface area contributed by atoms with Crippen molar-refractivity contribution in [2.24, 2.45) is 22.7 Å². The molecule has 110 valence electrons. The molecule has 1 aliphatic carbocycles. The molecule has 2 N–H and O–H groups in total. The molecule has 0 aromatic heterocycles. The fourth-order valence-electron chi connectivity index (χ4n) is 3.93. The van der Waals surface area contributed by atoms with Crippen LogP contribution in [0, 0.1) is 17.8 Å². The van der Waals surface area contributed by atoms with E-state index >= 15 is 0 Å². The Morgan fingerprint density at radius 1 is 1.29 bits per heavy atom. The molecule has 4 rings (SSSR count). The number of benzene rings is 1. The Kier molecular flexibility index (Phi) is 2.73. The minimum absolute atomic E-state index is 0.198. The van der Waals surface area contributed by atoms with Crippen molar-refractivity contribution in [3.63, 3.8) is 0 Å². The number of aliphatic imine (C=N–C) groups is 1. The van der Waals surface area contributed by atoms with Gasteiger partial charge in [-0.25, -0.2) is 0 Å². The van der Waals surface area contributed by atoms with E-state index < -0.39 is 5.54 Å². The molecule has 4 nitrogen and oxygen atoms in total. The van der Waals surface area contributed by atoms with Gasteiger partial charge in [-0.05, 0) is 44.3 Å². The molecule has 2 aliphatic heterocycles. The fourth-order valence-corrected chi connectivity index (χ4v) is 3.93. The first-order valence-electron chi connectivity index (χ1n) is 7.74. The number of nitrogens with zero attached hydrogens (tertiary/aromatic N) is 1. The Morgan fingerprint density at radius 3 is 2.76 bits per heavy atom. The summed E-state index contributed by atoms with van der Waals surface area (Å²) in [5.41, 5.74) is 3.03. The number of piperidine rings is 1. The molecular weight excluding hydrogens is 262 g/mol. The SMILES string of the molecule is CC(C)(NC(=O)C1[C@H]2CNC[C@@H]12)C1=NCc2ccccc21. The fraction of sp³-hybridized carbons (Fsp3) is 0.529. The van der Waals surface area contributed by atoms with E-state index in [9.17, 15) is 4.79 Å². The molecular formula is C17H21N3O. The van der Waals surface area contributed by atoms with Crippen LogP contribution in [0.2, 0.25) is 0 Å². The van der Waals surface area contributed by atoms with Crippen LogP contribution in [0.25, 0.3) is 0 Å². The second-order valence-corrected chi connectivity index (χ2v) is 6.95. The van der Waals surface area contributed by atoms with Crippen molar-refractivity contribution in [1.29, 1.82) is 0 Å². The van der Waals surface area contributed by atoms with Crippen LogP contribution in [0.15, 0.2) is 29.3 Å². The van der Waals surface area contributed by atoms with Crippen molar-refractivity contribution in [2.45, 2.75) is 25.9 Å². The average molecular weight is 283 g/mol. The zero-order valence-corrected chi connectivity index (χ0v) is 12.5. The van der Waals surface area contributed by atoms with Gasteiger partial charge in [0.25, 0.3) is 0 Å². The zero-order chi connectivity index (χ0) is 14.6. The lowest BCUT2D eigenvalue weighted by Crippen LogP contribution is -2.51. The van der Waals surface area contributed by atoms with E-state index in [1.807, 2.05) is 12.1 Å². The topological polar surface area (TPSA) is 53.5 Å². The van der Waals surface area contributed by atoms with Gasteiger partial charge >= 0.3 is 0 Å². The molecule has 3 atom stereocenters. The monoisotopic (exact) mass is 283 g/mol. The Bertz CT molecular complexity index is 625. The maximum absolute atomic E-state index is 12.5. The van der Waals surface area contributed by atoms with Crippen LogP contribution in [0.3, 0.4) is 0 Å². The van der Waals surface area contributed by atoms with Crippen LogP contribution >= 0.6 is 0 Å². The van der Waals surface area contributed by atoms with Gasteiger partial charge in [-0.3, -0.25) is 9.79 Å². The lowest BCUT2D eigenvalue weighted by atomic mass is 9.91. The molecule has 0 bridgehead atoms. The number of carbonyl (C=O) groups is 1. The van der Waals surface area contributed by atoms with Crippen LogP contribution in [0.1, 0.15) is 25.0 Å².